The molecule has 19 heavy (non-hydrogen) atoms. The van der Waals surface area contributed by atoms with E-state index < -0.39 is 0 Å². The lowest BCUT2D eigenvalue weighted by molar-refractivity contribution is -0.117. The van der Waals surface area contributed by atoms with E-state index in [1.54, 1.807) is 0 Å². The predicted octanol–water partition coefficient (Wildman–Crippen LogP) is 2.94. The normalized spacial score (nSPS) is 28.6. The summed E-state index contributed by atoms with van der Waals surface area (Å²) in [4.78, 5) is 12.1. The van der Waals surface area contributed by atoms with Crippen molar-refractivity contribution >= 4 is 11.6 Å². The summed E-state index contributed by atoms with van der Waals surface area (Å²) < 4.78 is 0. The number of amides is 1. The van der Waals surface area contributed by atoms with E-state index in [0.29, 0.717) is 12.3 Å². The Balaban J connectivity index is 1.56. The minimum Gasteiger partial charge on any atom is -0.392 e. The standard InChI is InChI=1S/C16H21NO2/c18-10-12-2-1-3-15(8-12)17-16(19)9-14-7-11-4-5-13(14)6-11/h1-3,8,11,13-14,18H,4-7,9-10H2,(H,17,19)/t11-,13+,14-/m0/s1. The first-order valence-corrected chi connectivity index (χ1v) is 7.24. The molecule has 0 spiro atoms. The van der Waals surface area contributed by atoms with Crippen molar-refractivity contribution in [1.82, 2.24) is 0 Å². The number of hydrogen-bond acceptors (Lipinski definition) is 2. The summed E-state index contributed by atoms with van der Waals surface area (Å²) in [5.74, 6) is 2.40. The van der Waals surface area contributed by atoms with Gasteiger partial charge in [0, 0.05) is 12.1 Å². The van der Waals surface area contributed by atoms with Crippen molar-refractivity contribution < 1.29 is 9.90 Å². The molecule has 0 saturated heterocycles. The minimum atomic E-state index is 0.0100. The van der Waals surface area contributed by atoms with E-state index in [0.717, 1.165) is 23.1 Å². The molecule has 0 unspecified atom stereocenters. The van der Waals surface area contributed by atoms with Gasteiger partial charge in [0.1, 0.15) is 0 Å². The summed E-state index contributed by atoms with van der Waals surface area (Å²) in [5.41, 5.74) is 1.62. The van der Waals surface area contributed by atoms with E-state index in [1.165, 1.54) is 25.7 Å². The van der Waals surface area contributed by atoms with Crippen molar-refractivity contribution in [2.75, 3.05) is 5.32 Å². The zero-order valence-electron chi connectivity index (χ0n) is 11.1. The number of carbonyl (C=O) groups is 1. The molecule has 0 heterocycles. The molecular weight excluding hydrogens is 238 g/mol. The maximum Gasteiger partial charge on any atom is 0.224 e. The summed E-state index contributed by atoms with van der Waals surface area (Å²) in [6.07, 6.45) is 5.95. The SMILES string of the molecule is O=C(C[C@@H]1C[C@H]2CC[C@@H]1C2)Nc1cccc(CO)c1. The summed E-state index contributed by atoms with van der Waals surface area (Å²) in [6, 6.07) is 7.42. The number of rotatable bonds is 4. The fourth-order valence-corrected chi connectivity index (χ4v) is 3.82. The molecule has 2 aliphatic rings. The smallest absolute Gasteiger partial charge is 0.224 e. The summed E-state index contributed by atoms with van der Waals surface area (Å²) in [7, 11) is 0. The molecule has 3 nitrogen and oxygen atoms in total. The lowest BCUT2D eigenvalue weighted by Gasteiger charge is -2.20. The third kappa shape index (κ3) is 2.81. The molecule has 0 aromatic heterocycles. The van der Waals surface area contributed by atoms with Crippen LogP contribution in [0.5, 0.6) is 0 Å². The van der Waals surface area contributed by atoms with Crippen molar-refractivity contribution in [3.8, 4) is 0 Å². The summed E-state index contributed by atoms with van der Waals surface area (Å²) in [6.45, 7) is 0.0100. The Labute approximate surface area is 114 Å². The highest BCUT2D eigenvalue weighted by molar-refractivity contribution is 5.90. The first-order chi connectivity index (χ1) is 9.24. The largest absolute Gasteiger partial charge is 0.392 e. The van der Waals surface area contributed by atoms with Crippen LogP contribution < -0.4 is 5.32 Å². The van der Waals surface area contributed by atoms with Crippen molar-refractivity contribution in [3.63, 3.8) is 0 Å². The first-order valence-electron chi connectivity index (χ1n) is 7.24. The maximum absolute atomic E-state index is 12.1. The third-order valence-corrected chi connectivity index (χ3v) is 4.73. The van der Waals surface area contributed by atoms with Crippen molar-refractivity contribution in [1.29, 1.82) is 0 Å². The molecule has 0 aliphatic heterocycles. The van der Waals surface area contributed by atoms with Crippen LogP contribution in [0.15, 0.2) is 24.3 Å². The van der Waals surface area contributed by atoms with Gasteiger partial charge in [-0.3, -0.25) is 4.79 Å². The van der Waals surface area contributed by atoms with Gasteiger partial charge in [0.15, 0.2) is 0 Å². The molecule has 3 rings (SSSR count). The maximum atomic E-state index is 12.1. The quantitative estimate of drug-likeness (QED) is 0.873. The highest BCUT2D eigenvalue weighted by Crippen LogP contribution is 2.49. The van der Waals surface area contributed by atoms with Crippen LogP contribution in [0.25, 0.3) is 0 Å². The van der Waals surface area contributed by atoms with E-state index in [1.807, 2.05) is 24.3 Å². The Morgan fingerprint density at radius 3 is 2.89 bits per heavy atom. The van der Waals surface area contributed by atoms with E-state index in [4.69, 9.17) is 5.11 Å². The Morgan fingerprint density at radius 2 is 2.21 bits per heavy atom. The zero-order chi connectivity index (χ0) is 13.2. The lowest BCUT2D eigenvalue weighted by atomic mass is 9.86. The number of fused-ring (bicyclic) bond motifs is 2. The fraction of sp³-hybridized carbons (Fsp3) is 0.562. The average molecular weight is 259 g/mol. The van der Waals surface area contributed by atoms with Gasteiger partial charge in [0.2, 0.25) is 5.91 Å². The van der Waals surface area contributed by atoms with Gasteiger partial charge in [-0.05, 0) is 54.7 Å². The Hall–Kier alpha value is -1.35. The highest BCUT2D eigenvalue weighted by Gasteiger charge is 2.40. The van der Waals surface area contributed by atoms with Gasteiger partial charge in [-0.2, -0.15) is 0 Å². The molecule has 1 amide bonds. The average Bonchev–Trinajstić information content (AvgIpc) is 3.01. The molecule has 3 heteroatoms. The van der Waals surface area contributed by atoms with Crippen LogP contribution in [-0.2, 0) is 11.4 Å². The molecule has 1 aromatic rings. The second-order valence-corrected chi connectivity index (χ2v) is 6.05. The van der Waals surface area contributed by atoms with Gasteiger partial charge in [0.25, 0.3) is 0 Å². The number of aliphatic hydroxyl groups is 1. The van der Waals surface area contributed by atoms with Gasteiger partial charge >= 0.3 is 0 Å². The number of anilines is 1. The van der Waals surface area contributed by atoms with Crippen molar-refractivity contribution in [3.05, 3.63) is 29.8 Å². The molecule has 1 aromatic carbocycles. The number of carbonyl (C=O) groups excluding carboxylic acids is 1. The van der Waals surface area contributed by atoms with Gasteiger partial charge in [-0.15, -0.1) is 0 Å². The molecule has 3 atom stereocenters. The molecule has 2 aliphatic carbocycles. The van der Waals surface area contributed by atoms with Crippen molar-refractivity contribution in [2.45, 2.75) is 38.7 Å². The van der Waals surface area contributed by atoms with Crippen LogP contribution in [0.4, 0.5) is 5.69 Å². The molecule has 2 fully saturated rings. The van der Waals surface area contributed by atoms with E-state index in [2.05, 4.69) is 5.32 Å². The summed E-state index contributed by atoms with van der Waals surface area (Å²) >= 11 is 0. The monoisotopic (exact) mass is 259 g/mol. The predicted molar refractivity (Wildman–Crippen MR) is 74.5 cm³/mol. The minimum absolute atomic E-state index is 0.0100. The van der Waals surface area contributed by atoms with Crippen LogP contribution >= 0.6 is 0 Å². The van der Waals surface area contributed by atoms with Crippen LogP contribution in [0, 0.1) is 17.8 Å². The van der Waals surface area contributed by atoms with Gasteiger partial charge in [-0.25, -0.2) is 0 Å². The van der Waals surface area contributed by atoms with E-state index in [-0.39, 0.29) is 12.5 Å². The van der Waals surface area contributed by atoms with Crippen LogP contribution in [-0.4, -0.2) is 11.0 Å². The second-order valence-electron chi connectivity index (χ2n) is 6.05. The number of aliphatic hydroxyl groups excluding tert-OH is 1. The highest BCUT2D eigenvalue weighted by atomic mass is 16.3. The number of benzene rings is 1. The number of nitrogens with one attached hydrogen (secondary N) is 1. The molecule has 102 valence electrons. The lowest BCUT2D eigenvalue weighted by Crippen LogP contribution is -2.20. The van der Waals surface area contributed by atoms with Crippen LogP contribution in [0.1, 0.15) is 37.7 Å². The van der Waals surface area contributed by atoms with Crippen LogP contribution in [0.3, 0.4) is 0 Å². The number of hydrogen-bond donors (Lipinski definition) is 2. The van der Waals surface area contributed by atoms with Gasteiger partial charge in [-0.1, -0.05) is 18.6 Å². The third-order valence-electron chi connectivity index (χ3n) is 4.73. The van der Waals surface area contributed by atoms with Gasteiger partial charge in [0.05, 0.1) is 6.61 Å². The zero-order valence-corrected chi connectivity index (χ0v) is 11.1. The fourth-order valence-electron chi connectivity index (χ4n) is 3.82. The topological polar surface area (TPSA) is 49.3 Å². The molecular formula is C16H21NO2. The van der Waals surface area contributed by atoms with E-state index >= 15 is 0 Å². The first kappa shape index (κ1) is 12.7. The van der Waals surface area contributed by atoms with E-state index in [9.17, 15) is 4.79 Å². The Bertz CT molecular complexity index is 472. The second kappa shape index (κ2) is 5.33. The summed E-state index contributed by atoms with van der Waals surface area (Å²) in [5, 5.41) is 12.0. The Kier molecular flexibility index (Phi) is 3.56. The Morgan fingerprint density at radius 1 is 1.32 bits per heavy atom. The van der Waals surface area contributed by atoms with Crippen LogP contribution in [0.2, 0.25) is 0 Å². The van der Waals surface area contributed by atoms with Crippen molar-refractivity contribution in [2.24, 2.45) is 17.8 Å². The van der Waals surface area contributed by atoms with Gasteiger partial charge < -0.3 is 10.4 Å². The molecule has 2 N–H and O–H groups in total. The molecule has 0 radical (unpaired) electrons. The molecule has 2 saturated carbocycles. The molecule has 2 bridgehead atoms.